The van der Waals surface area contributed by atoms with Gasteiger partial charge >= 0.3 is 0 Å². The smallest absolute Gasteiger partial charge is 0.0138 e. The van der Waals surface area contributed by atoms with E-state index in [4.69, 9.17) is 0 Å². The molecule has 0 atom stereocenters. The molecule has 1 aliphatic rings. The highest BCUT2D eigenvalue weighted by molar-refractivity contribution is 8.00. The number of thioether (sulfide) groups is 2. The lowest BCUT2D eigenvalue weighted by molar-refractivity contribution is 0.0657. The molecule has 1 nitrogen and oxygen atoms in total. The summed E-state index contributed by atoms with van der Waals surface area (Å²) in [4.78, 5) is 2.53. The monoisotopic (exact) mass is 608 g/mol. The van der Waals surface area contributed by atoms with Crippen molar-refractivity contribution in [3.8, 4) is 0 Å². The molecular formula is C38H73NS2. The highest BCUT2D eigenvalue weighted by atomic mass is 32.2. The SMILES string of the molecule is CCCCCC/C=C\CCCCCCCCSCC1(CSCCCCCCCC/C=C\CCCCCC)CN(C)C1. The average Bonchev–Trinajstić information content (AvgIpc) is 2.95. The van der Waals surface area contributed by atoms with Gasteiger partial charge in [-0.1, -0.05) is 128 Å². The lowest BCUT2D eigenvalue weighted by Crippen LogP contribution is -2.57. The number of allylic oxidation sites excluding steroid dienone is 4. The van der Waals surface area contributed by atoms with Crippen molar-refractivity contribution in [3.63, 3.8) is 0 Å². The van der Waals surface area contributed by atoms with Crippen LogP contribution in [0.5, 0.6) is 0 Å². The van der Waals surface area contributed by atoms with Crippen molar-refractivity contribution >= 4 is 23.5 Å². The van der Waals surface area contributed by atoms with E-state index >= 15 is 0 Å². The minimum absolute atomic E-state index is 0.608. The van der Waals surface area contributed by atoms with E-state index in [1.807, 2.05) is 0 Å². The number of nitrogens with zero attached hydrogens (tertiary/aromatic N) is 1. The average molecular weight is 608 g/mol. The first-order chi connectivity index (χ1) is 20.2. The molecule has 1 rings (SSSR count). The molecule has 0 radical (unpaired) electrons. The van der Waals surface area contributed by atoms with Gasteiger partial charge in [-0.2, -0.15) is 23.5 Å². The zero-order valence-electron chi connectivity index (χ0n) is 28.3. The van der Waals surface area contributed by atoms with Crippen LogP contribution in [0.4, 0.5) is 0 Å². The second-order valence-corrected chi connectivity index (χ2v) is 15.4. The van der Waals surface area contributed by atoms with Crippen molar-refractivity contribution in [3.05, 3.63) is 24.3 Å². The molecule has 242 valence electrons. The van der Waals surface area contributed by atoms with Gasteiger partial charge in [0.2, 0.25) is 0 Å². The maximum Gasteiger partial charge on any atom is 0.0138 e. The van der Waals surface area contributed by atoms with Crippen molar-refractivity contribution in [2.45, 2.75) is 168 Å². The first-order valence-corrected chi connectivity index (χ1v) is 20.7. The summed E-state index contributed by atoms with van der Waals surface area (Å²) in [5, 5.41) is 0. The van der Waals surface area contributed by atoms with Gasteiger partial charge < -0.3 is 4.90 Å². The van der Waals surface area contributed by atoms with E-state index in [2.05, 4.69) is 73.6 Å². The fraction of sp³-hybridized carbons (Fsp3) is 0.895. The fourth-order valence-electron chi connectivity index (χ4n) is 6.10. The molecule has 0 amide bonds. The predicted octanol–water partition coefficient (Wildman–Crippen LogP) is 12.9. The van der Waals surface area contributed by atoms with Crippen LogP contribution in [0.25, 0.3) is 0 Å². The lowest BCUT2D eigenvalue weighted by atomic mass is 9.84. The summed E-state index contributed by atoms with van der Waals surface area (Å²) < 4.78 is 0. The lowest BCUT2D eigenvalue weighted by Gasteiger charge is -2.48. The Balaban J connectivity index is 1.88. The normalized spacial score (nSPS) is 15.4. The summed E-state index contributed by atoms with van der Waals surface area (Å²) in [7, 11) is 2.31. The first kappa shape index (κ1) is 39.2. The summed E-state index contributed by atoms with van der Waals surface area (Å²) in [6.45, 7) is 7.24. The van der Waals surface area contributed by atoms with Crippen LogP contribution in [-0.4, -0.2) is 48.0 Å². The van der Waals surface area contributed by atoms with Crippen molar-refractivity contribution in [1.29, 1.82) is 0 Å². The van der Waals surface area contributed by atoms with Crippen LogP contribution >= 0.6 is 23.5 Å². The zero-order valence-corrected chi connectivity index (χ0v) is 29.9. The van der Waals surface area contributed by atoms with Crippen LogP contribution in [0.15, 0.2) is 24.3 Å². The Morgan fingerprint density at radius 1 is 0.463 bits per heavy atom. The molecule has 1 saturated heterocycles. The van der Waals surface area contributed by atoms with Crippen LogP contribution < -0.4 is 0 Å². The minimum Gasteiger partial charge on any atom is -0.305 e. The largest absolute Gasteiger partial charge is 0.305 e. The quantitative estimate of drug-likeness (QED) is 0.0553. The topological polar surface area (TPSA) is 3.24 Å². The van der Waals surface area contributed by atoms with Crippen molar-refractivity contribution in [2.24, 2.45) is 5.41 Å². The molecule has 0 aromatic carbocycles. The molecule has 41 heavy (non-hydrogen) atoms. The van der Waals surface area contributed by atoms with Gasteiger partial charge in [-0.25, -0.2) is 0 Å². The van der Waals surface area contributed by atoms with Crippen LogP contribution in [0.2, 0.25) is 0 Å². The molecule has 1 heterocycles. The first-order valence-electron chi connectivity index (χ1n) is 18.4. The van der Waals surface area contributed by atoms with E-state index in [1.54, 1.807) is 0 Å². The van der Waals surface area contributed by atoms with Crippen LogP contribution in [0, 0.1) is 5.41 Å². The summed E-state index contributed by atoms with van der Waals surface area (Å²) in [5.74, 6) is 5.54. The molecule has 0 N–H and O–H groups in total. The van der Waals surface area contributed by atoms with Gasteiger partial charge in [-0.15, -0.1) is 0 Å². The maximum atomic E-state index is 2.53. The van der Waals surface area contributed by atoms with E-state index in [0.717, 1.165) is 0 Å². The third kappa shape index (κ3) is 25.2. The predicted molar refractivity (Wildman–Crippen MR) is 195 cm³/mol. The Hall–Kier alpha value is 0.140. The van der Waals surface area contributed by atoms with E-state index in [0.29, 0.717) is 5.41 Å². The summed E-state index contributed by atoms with van der Waals surface area (Å²) in [5.41, 5.74) is 0.608. The van der Waals surface area contributed by atoms with Crippen molar-refractivity contribution in [1.82, 2.24) is 4.90 Å². The summed E-state index contributed by atoms with van der Waals surface area (Å²) >= 11 is 4.51. The molecule has 1 fully saturated rings. The number of rotatable bonds is 32. The minimum atomic E-state index is 0.608. The molecule has 0 spiro atoms. The Labute approximate surface area is 268 Å². The third-order valence-electron chi connectivity index (χ3n) is 8.63. The number of hydrogen-bond donors (Lipinski definition) is 0. The third-order valence-corrected chi connectivity index (χ3v) is 11.4. The molecule has 0 bridgehead atoms. The van der Waals surface area contributed by atoms with Gasteiger partial charge in [0, 0.05) is 30.0 Å². The highest BCUT2D eigenvalue weighted by Crippen LogP contribution is 2.36. The maximum absolute atomic E-state index is 2.53. The van der Waals surface area contributed by atoms with Gasteiger partial charge in [0.15, 0.2) is 0 Å². The molecule has 1 aliphatic heterocycles. The summed E-state index contributed by atoms with van der Waals surface area (Å²) in [6.07, 6.45) is 43.2. The van der Waals surface area contributed by atoms with Crippen LogP contribution in [0.3, 0.4) is 0 Å². The number of unbranched alkanes of at least 4 members (excludes halogenated alkanes) is 20. The van der Waals surface area contributed by atoms with Gasteiger partial charge in [0.25, 0.3) is 0 Å². The zero-order chi connectivity index (χ0) is 29.5. The molecule has 3 heteroatoms. The van der Waals surface area contributed by atoms with Crippen molar-refractivity contribution < 1.29 is 0 Å². The van der Waals surface area contributed by atoms with Crippen molar-refractivity contribution in [2.75, 3.05) is 43.1 Å². The Kier molecular flexibility index (Phi) is 28.8. The van der Waals surface area contributed by atoms with Crippen LogP contribution in [0.1, 0.15) is 168 Å². The van der Waals surface area contributed by atoms with E-state index < -0.39 is 0 Å². The second-order valence-electron chi connectivity index (χ2n) is 13.2. The van der Waals surface area contributed by atoms with E-state index in [9.17, 15) is 0 Å². The van der Waals surface area contributed by atoms with Gasteiger partial charge in [-0.3, -0.25) is 0 Å². The molecule has 0 unspecified atom stereocenters. The highest BCUT2D eigenvalue weighted by Gasteiger charge is 2.40. The fourth-order valence-corrected chi connectivity index (χ4v) is 8.77. The second kappa shape index (κ2) is 30.2. The van der Waals surface area contributed by atoms with Gasteiger partial charge in [0.05, 0.1) is 0 Å². The molecule has 0 aromatic rings. The molecule has 0 aliphatic carbocycles. The van der Waals surface area contributed by atoms with E-state index in [1.165, 1.54) is 190 Å². The molecule has 0 aromatic heterocycles. The molecule has 0 saturated carbocycles. The van der Waals surface area contributed by atoms with Gasteiger partial charge in [-0.05, 0) is 82.8 Å². The van der Waals surface area contributed by atoms with E-state index in [-0.39, 0.29) is 0 Å². The Morgan fingerprint density at radius 2 is 0.780 bits per heavy atom. The van der Waals surface area contributed by atoms with Gasteiger partial charge in [0.1, 0.15) is 0 Å². The number of likely N-dealkylation sites (tertiary alicyclic amines) is 1. The Morgan fingerprint density at radius 3 is 1.12 bits per heavy atom. The standard InChI is InChI=1S/C38H73NS2/c1-4-6-8-10-12-14-16-18-20-22-24-26-28-30-32-40-36-38(34-39(3)35-38)37-41-33-31-29-27-25-23-21-19-17-15-13-11-9-7-5-2/h14-17H,4-13,18-37H2,1-3H3/b16-14-,17-15-. The number of hydrogen-bond acceptors (Lipinski definition) is 3. The summed E-state index contributed by atoms with van der Waals surface area (Å²) in [6, 6.07) is 0. The molecular weight excluding hydrogens is 535 g/mol. The Bertz CT molecular complexity index is 537. The van der Waals surface area contributed by atoms with Crippen LogP contribution in [-0.2, 0) is 0 Å².